The molecule has 1 unspecified atom stereocenters. The van der Waals surface area contributed by atoms with Gasteiger partial charge in [-0.05, 0) is 32.9 Å². The highest BCUT2D eigenvalue weighted by molar-refractivity contribution is 5.22. The van der Waals surface area contributed by atoms with Crippen molar-refractivity contribution in [2.75, 3.05) is 13.1 Å². The summed E-state index contributed by atoms with van der Waals surface area (Å²) in [5, 5.41) is 0. The summed E-state index contributed by atoms with van der Waals surface area (Å²) in [6.07, 6.45) is 3.47. The van der Waals surface area contributed by atoms with Gasteiger partial charge in [0.25, 0.3) is 0 Å². The number of halogens is 2. The largest absolute Gasteiger partial charge is 0.323 e. The third-order valence-electron chi connectivity index (χ3n) is 3.57. The van der Waals surface area contributed by atoms with E-state index < -0.39 is 17.7 Å². The van der Waals surface area contributed by atoms with Crippen LogP contribution in [-0.2, 0) is 0 Å². The van der Waals surface area contributed by atoms with E-state index in [1.54, 1.807) is 0 Å². The maximum Gasteiger partial charge on any atom is 0.130 e. The SMILES string of the molecule is CCCCCN(CC(N)c1ccc(F)cc1F)C(C)C. The van der Waals surface area contributed by atoms with Gasteiger partial charge in [0, 0.05) is 30.3 Å². The molecule has 1 atom stereocenters. The summed E-state index contributed by atoms with van der Waals surface area (Å²) in [7, 11) is 0. The van der Waals surface area contributed by atoms with Crippen LogP contribution in [-0.4, -0.2) is 24.0 Å². The van der Waals surface area contributed by atoms with Crippen LogP contribution in [0, 0.1) is 11.6 Å². The maximum atomic E-state index is 13.7. The minimum Gasteiger partial charge on any atom is -0.323 e. The zero-order chi connectivity index (χ0) is 15.1. The highest BCUT2D eigenvalue weighted by atomic mass is 19.1. The summed E-state index contributed by atoms with van der Waals surface area (Å²) in [4.78, 5) is 2.25. The lowest BCUT2D eigenvalue weighted by Crippen LogP contribution is -2.38. The number of benzene rings is 1. The van der Waals surface area contributed by atoms with E-state index in [9.17, 15) is 8.78 Å². The van der Waals surface area contributed by atoms with Gasteiger partial charge in [-0.3, -0.25) is 4.90 Å². The zero-order valence-corrected chi connectivity index (χ0v) is 12.7. The standard InChI is InChI=1S/C16H26F2N2/c1-4-5-6-9-20(12(2)3)11-16(19)14-8-7-13(17)10-15(14)18/h7-8,10,12,16H,4-6,9,11,19H2,1-3H3. The van der Waals surface area contributed by atoms with Crippen LogP contribution in [0.25, 0.3) is 0 Å². The van der Waals surface area contributed by atoms with Crippen molar-refractivity contribution in [1.29, 1.82) is 0 Å². The van der Waals surface area contributed by atoms with Gasteiger partial charge in [0.2, 0.25) is 0 Å². The van der Waals surface area contributed by atoms with E-state index in [1.807, 2.05) is 0 Å². The lowest BCUT2D eigenvalue weighted by molar-refractivity contribution is 0.203. The second kappa shape index (κ2) is 8.32. The second-order valence-electron chi connectivity index (χ2n) is 5.57. The van der Waals surface area contributed by atoms with E-state index in [4.69, 9.17) is 5.73 Å². The van der Waals surface area contributed by atoms with Gasteiger partial charge < -0.3 is 5.73 Å². The van der Waals surface area contributed by atoms with Crippen molar-refractivity contribution in [3.8, 4) is 0 Å². The van der Waals surface area contributed by atoms with Crippen molar-refractivity contribution >= 4 is 0 Å². The Morgan fingerprint density at radius 2 is 1.90 bits per heavy atom. The summed E-state index contributed by atoms with van der Waals surface area (Å²) in [5.41, 5.74) is 6.47. The number of unbranched alkanes of at least 4 members (excludes halogenated alkanes) is 2. The fraction of sp³-hybridized carbons (Fsp3) is 0.625. The first kappa shape index (κ1) is 17.1. The molecule has 0 radical (unpaired) electrons. The molecule has 1 aromatic rings. The topological polar surface area (TPSA) is 29.3 Å². The monoisotopic (exact) mass is 284 g/mol. The number of nitrogens with zero attached hydrogens (tertiary/aromatic N) is 1. The molecule has 4 heteroatoms. The molecule has 1 aromatic carbocycles. The molecule has 0 amide bonds. The molecule has 0 spiro atoms. The average molecular weight is 284 g/mol. The fourth-order valence-electron chi connectivity index (χ4n) is 2.28. The fourth-order valence-corrected chi connectivity index (χ4v) is 2.28. The van der Waals surface area contributed by atoms with Crippen molar-refractivity contribution in [1.82, 2.24) is 4.90 Å². The van der Waals surface area contributed by atoms with Crippen molar-refractivity contribution in [3.63, 3.8) is 0 Å². The summed E-state index contributed by atoms with van der Waals surface area (Å²) in [6, 6.07) is 3.53. The summed E-state index contributed by atoms with van der Waals surface area (Å²) >= 11 is 0. The van der Waals surface area contributed by atoms with Crippen molar-refractivity contribution in [3.05, 3.63) is 35.4 Å². The number of rotatable bonds is 8. The third-order valence-corrected chi connectivity index (χ3v) is 3.57. The van der Waals surface area contributed by atoms with Gasteiger partial charge in [0.05, 0.1) is 0 Å². The van der Waals surface area contributed by atoms with Crippen LogP contribution in [0.4, 0.5) is 8.78 Å². The molecule has 0 heterocycles. The van der Waals surface area contributed by atoms with Gasteiger partial charge in [-0.1, -0.05) is 25.8 Å². The van der Waals surface area contributed by atoms with Gasteiger partial charge >= 0.3 is 0 Å². The Bertz CT molecular complexity index is 407. The summed E-state index contributed by atoms with van der Waals surface area (Å²) in [6.45, 7) is 7.94. The zero-order valence-electron chi connectivity index (χ0n) is 12.7. The average Bonchev–Trinajstić information content (AvgIpc) is 2.37. The Balaban J connectivity index is 2.67. The molecule has 1 rings (SSSR count). The second-order valence-corrected chi connectivity index (χ2v) is 5.57. The van der Waals surface area contributed by atoms with E-state index >= 15 is 0 Å². The molecular formula is C16H26F2N2. The van der Waals surface area contributed by atoms with Gasteiger partial charge in [-0.2, -0.15) is 0 Å². The quantitative estimate of drug-likeness (QED) is 0.734. The van der Waals surface area contributed by atoms with Crippen LogP contribution >= 0.6 is 0 Å². The Morgan fingerprint density at radius 1 is 1.20 bits per heavy atom. The highest BCUT2D eigenvalue weighted by Gasteiger charge is 2.17. The third kappa shape index (κ3) is 5.17. The Kier molecular flexibility index (Phi) is 7.10. The molecule has 0 bridgehead atoms. The molecule has 114 valence electrons. The normalized spacial score (nSPS) is 13.2. The number of hydrogen-bond acceptors (Lipinski definition) is 2. The lowest BCUT2D eigenvalue weighted by atomic mass is 10.1. The molecule has 0 aliphatic carbocycles. The Hall–Kier alpha value is -1.00. The molecule has 2 N–H and O–H groups in total. The van der Waals surface area contributed by atoms with E-state index in [0.717, 1.165) is 19.0 Å². The predicted molar refractivity (Wildman–Crippen MR) is 79.5 cm³/mol. The predicted octanol–water partition coefficient (Wildman–Crippen LogP) is 3.87. The van der Waals surface area contributed by atoms with Crippen LogP contribution < -0.4 is 5.73 Å². The molecule has 0 aliphatic heterocycles. The molecule has 0 saturated carbocycles. The lowest BCUT2D eigenvalue weighted by Gasteiger charge is -2.29. The van der Waals surface area contributed by atoms with Gasteiger partial charge in [0.1, 0.15) is 11.6 Å². The van der Waals surface area contributed by atoms with Crippen molar-refractivity contribution in [2.24, 2.45) is 5.73 Å². The van der Waals surface area contributed by atoms with Crippen LogP contribution in [0.2, 0.25) is 0 Å². The smallest absolute Gasteiger partial charge is 0.130 e. The first-order chi connectivity index (χ1) is 9.45. The van der Waals surface area contributed by atoms with Crippen LogP contribution in [0.5, 0.6) is 0 Å². The Labute approximate surface area is 121 Å². The molecule has 0 fully saturated rings. The van der Waals surface area contributed by atoms with E-state index in [0.29, 0.717) is 18.2 Å². The number of nitrogens with two attached hydrogens (primary N) is 1. The Morgan fingerprint density at radius 3 is 2.45 bits per heavy atom. The van der Waals surface area contributed by atoms with E-state index in [2.05, 4.69) is 25.7 Å². The highest BCUT2D eigenvalue weighted by Crippen LogP contribution is 2.18. The summed E-state index contributed by atoms with van der Waals surface area (Å²) in [5.74, 6) is -1.13. The maximum absolute atomic E-state index is 13.7. The van der Waals surface area contributed by atoms with Crippen molar-refractivity contribution in [2.45, 2.75) is 52.1 Å². The minimum absolute atomic E-state index is 0.362. The van der Waals surface area contributed by atoms with Crippen LogP contribution in [0.3, 0.4) is 0 Å². The molecule has 0 aliphatic rings. The molecule has 0 aromatic heterocycles. The number of hydrogen-bond donors (Lipinski definition) is 1. The molecule has 20 heavy (non-hydrogen) atoms. The minimum atomic E-state index is -0.567. The molecule has 0 saturated heterocycles. The first-order valence-electron chi connectivity index (χ1n) is 7.40. The van der Waals surface area contributed by atoms with Gasteiger partial charge in [0.15, 0.2) is 0 Å². The van der Waals surface area contributed by atoms with Crippen LogP contribution in [0.1, 0.15) is 51.6 Å². The van der Waals surface area contributed by atoms with Crippen molar-refractivity contribution < 1.29 is 8.78 Å². The van der Waals surface area contributed by atoms with Gasteiger partial charge in [-0.25, -0.2) is 8.78 Å². The van der Waals surface area contributed by atoms with Crippen LogP contribution in [0.15, 0.2) is 18.2 Å². The van der Waals surface area contributed by atoms with Gasteiger partial charge in [-0.15, -0.1) is 0 Å². The first-order valence-corrected chi connectivity index (χ1v) is 7.40. The summed E-state index contributed by atoms with van der Waals surface area (Å²) < 4.78 is 26.6. The van der Waals surface area contributed by atoms with E-state index in [-0.39, 0.29) is 0 Å². The van der Waals surface area contributed by atoms with E-state index in [1.165, 1.54) is 25.0 Å². The molecular weight excluding hydrogens is 258 g/mol. The molecule has 2 nitrogen and oxygen atoms in total.